The van der Waals surface area contributed by atoms with Gasteiger partial charge in [-0.25, -0.2) is 9.88 Å². The van der Waals surface area contributed by atoms with Crippen molar-refractivity contribution in [3.05, 3.63) is 102 Å². The van der Waals surface area contributed by atoms with E-state index in [2.05, 4.69) is 4.98 Å². The van der Waals surface area contributed by atoms with Crippen LogP contribution >= 0.6 is 11.3 Å². The Bertz CT molecular complexity index is 1620. The Labute approximate surface area is 198 Å². The average molecular weight is 464 g/mol. The standard InChI is InChI=1S/C27H17N3O3S/c1-29(19-12-10-16-6-2-3-7-17(16)14-19)24(31)18-11-13-22-23(15-18)34-27(28-22)30-25(32)20-8-4-5-9-21(20)26(30)33/h2-15H,1H3. The van der Waals surface area contributed by atoms with Gasteiger partial charge in [-0.05, 0) is 53.2 Å². The summed E-state index contributed by atoms with van der Waals surface area (Å²) < 4.78 is 0.726. The molecule has 5 aromatic rings. The summed E-state index contributed by atoms with van der Waals surface area (Å²) in [5.41, 5.74) is 2.67. The fourth-order valence-electron chi connectivity index (χ4n) is 4.20. The molecule has 34 heavy (non-hydrogen) atoms. The molecule has 0 radical (unpaired) electrons. The Kier molecular flexibility index (Phi) is 4.53. The second kappa shape index (κ2) is 7.60. The van der Waals surface area contributed by atoms with E-state index in [1.165, 1.54) is 11.3 Å². The highest BCUT2D eigenvalue weighted by Gasteiger charge is 2.38. The number of carbonyl (C=O) groups excluding carboxylic acids is 3. The molecule has 7 heteroatoms. The summed E-state index contributed by atoms with van der Waals surface area (Å²) >= 11 is 1.22. The maximum Gasteiger partial charge on any atom is 0.268 e. The van der Waals surface area contributed by atoms with Crippen molar-refractivity contribution in [2.24, 2.45) is 0 Å². The summed E-state index contributed by atoms with van der Waals surface area (Å²) in [5.74, 6) is -0.924. The number of hydrogen-bond acceptors (Lipinski definition) is 5. The van der Waals surface area contributed by atoms with Crippen LogP contribution in [-0.4, -0.2) is 29.8 Å². The van der Waals surface area contributed by atoms with E-state index in [0.717, 1.165) is 26.1 Å². The van der Waals surface area contributed by atoms with E-state index in [1.54, 1.807) is 54.4 Å². The summed E-state index contributed by atoms with van der Waals surface area (Å²) in [5, 5.41) is 2.47. The molecular formula is C27H17N3O3S. The second-order valence-electron chi connectivity index (χ2n) is 8.07. The van der Waals surface area contributed by atoms with Crippen LogP contribution in [0.1, 0.15) is 31.1 Å². The summed E-state index contributed by atoms with van der Waals surface area (Å²) in [6, 6.07) is 25.9. The van der Waals surface area contributed by atoms with Crippen molar-refractivity contribution in [1.82, 2.24) is 4.98 Å². The van der Waals surface area contributed by atoms with Gasteiger partial charge >= 0.3 is 0 Å². The lowest BCUT2D eigenvalue weighted by Gasteiger charge is -2.18. The van der Waals surface area contributed by atoms with Gasteiger partial charge in [0.05, 0.1) is 21.3 Å². The Hall–Kier alpha value is -4.36. The van der Waals surface area contributed by atoms with Crippen molar-refractivity contribution in [3.8, 4) is 0 Å². The molecule has 0 unspecified atom stereocenters. The fraction of sp³-hybridized carbons (Fsp3) is 0.0370. The molecule has 4 aromatic carbocycles. The molecule has 0 saturated heterocycles. The number of amides is 3. The van der Waals surface area contributed by atoms with Gasteiger partial charge < -0.3 is 4.90 Å². The minimum Gasteiger partial charge on any atom is -0.311 e. The van der Waals surface area contributed by atoms with Gasteiger partial charge in [-0.2, -0.15) is 0 Å². The molecule has 1 aromatic heterocycles. The van der Waals surface area contributed by atoms with E-state index >= 15 is 0 Å². The third-order valence-corrected chi connectivity index (χ3v) is 7.04. The number of benzene rings is 4. The first-order valence-corrected chi connectivity index (χ1v) is 11.5. The Morgan fingerprint density at radius 1 is 0.824 bits per heavy atom. The normalized spacial score (nSPS) is 13.0. The van der Waals surface area contributed by atoms with Crippen LogP contribution in [0.25, 0.3) is 21.0 Å². The van der Waals surface area contributed by atoms with E-state index in [-0.39, 0.29) is 17.7 Å². The first kappa shape index (κ1) is 20.3. The lowest BCUT2D eigenvalue weighted by molar-refractivity contribution is 0.0924. The number of thiazole rings is 1. The van der Waals surface area contributed by atoms with Crippen LogP contribution in [-0.2, 0) is 0 Å². The molecule has 1 aliphatic rings. The molecule has 164 valence electrons. The average Bonchev–Trinajstić information content (AvgIpc) is 3.40. The lowest BCUT2D eigenvalue weighted by atomic mass is 10.1. The van der Waals surface area contributed by atoms with Gasteiger partial charge in [0.15, 0.2) is 0 Å². The lowest BCUT2D eigenvalue weighted by Crippen LogP contribution is -2.29. The summed E-state index contributed by atoms with van der Waals surface area (Å²) in [7, 11) is 1.74. The van der Waals surface area contributed by atoms with Gasteiger partial charge in [-0.15, -0.1) is 0 Å². The molecule has 0 aliphatic carbocycles. The third kappa shape index (κ3) is 3.09. The van der Waals surface area contributed by atoms with Crippen molar-refractivity contribution < 1.29 is 14.4 Å². The van der Waals surface area contributed by atoms with E-state index in [0.29, 0.717) is 27.3 Å². The van der Waals surface area contributed by atoms with Crippen LogP contribution < -0.4 is 9.80 Å². The van der Waals surface area contributed by atoms with Crippen LogP contribution in [0.2, 0.25) is 0 Å². The molecule has 0 atom stereocenters. The molecule has 1 aliphatic heterocycles. The molecule has 2 heterocycles. The quantitative estimate of drug-likeness (QED) is 0.330. The van der Waals surface area contributed by atoms with E-state index in [4.69, 9.17) is 0 Å². The van der Waals surface area contributed by atoms with Gasteiger partial charge in [-0.1, -0.05) is 53.8 Å². The number of aromatic nitrogens is 1. The minimum absolute atomic E-state index is 0.159. The Balaban J connectivity index is 1.32. The smallest absolute Gasteiger partial charge is 0.268 e. The predicted molar refractivity (Wildman–Crippen MR) is 134 cm³/mol. The maximum absolute atomic E-state index is 13.2. The van der Waals surface area contributed by atoms with Gasteiger partial charge in [0.2, 0.25) is 5.13 Å². The molecule has 0 bridgehead atoms. The molecule has 0 fully saturated rings. The second-order valence-corrected chi connectivity index (χ2v) is 9.07. The summed E-state index contributed by atoms with van der Waals surface area (Å²) in [4.78, 5) is 46.1. The summed E-state index contributed by atoms with van der Waals surface area (Å²) in [6.45, 7) is 0. The number of rotatable bonds is 3. The molecule has 6 rings (SSSR count). The number of carbonyl (C=O) groups is 3. The zero-order valence-corrected chi connectivity index (χ0v) is 18.9. The van der Waals surface area contributed by atoms with E-state index in [1.807, 2.05) is 42.5 Å². The molecule has 3 amide bonds. The highest BCUT2D eigenvalue weighted by Crippen LogP contribution is 2.35. The van der Waals surface area contributed by atoms with Crippen LogP contribution in [0.4, 0.5) is 10.8 Å². The van der Waals surface area contributed by atoms with E-state index < -0.39 is 0 Å². The Morgan fingerprint density at radius 2 is 1.50 bits per heavy atom. The zero-order chi connectivity index (χ0) is 23.4. The highest BCUT2D eigenvalue weighted by atomic mass is 32.1. The van der Waals surface area contributed by atoms with Crippen LogP contribution in [0, 0.1) is 0 Å². The first-order chi connectivity index (χ1) is 16.5. The van der Waals surface area contributed by atoms with Crippen molar-refractivity contribution in [1.29, 1.82) is 0 Å². The fourth-order valence-corrected chi connectivity index (χ4v) is 5.20. The van der Waals surface area contributed by atoms with Gasteiger partial charge in [0, 0.05) is 18.3 Å². The number of fused-ring (bicyclic) bond motifs is 3. The van der Waals surface area contributed by atoms with Crippen LogP contribution in [0.15, 0.2) is 84.9 Å². The van der Waals surface area contributed by atoms with Crippen molar-refractivity contribution >= 4 is 60.9 Å². The number of imide groups is 1. The van der Waals surface area contributed by atoms with Gasteiger partial charge in [-0.3, -0.25) is 14.4 Å². The van der Waals surface area contributed by atoms with Crippen molar-refractivity contribution in [2.45, 2.75) is 0 Å². The first-order valence-electron chi connectivity index (χ1n) is 10.7. The molecule has 0 spiro atoms. The molecule has 6 nitrogen and oxygen atoms in total. The minimum atomic E-state index is -0.382. The number of anilines is 2. The van der Waals surface area contributed by atoms with Gasteiger partial charge in [0.1, 0.15) is 0 Å². The van der Waals surface area contributed by atoms with Crippen molar-refractivity contribution in [2.75, 3.05) is 16.8 Å². The topological polar surface area (TPSA) is 70.6 Å². The Morgan fingerprint density at radius 3 is 2.24 bits per heavy atom. The SMILES string of the molecule is CN(C(=O)c1ccc2nc(N3C(=O)c4ccccc4C3=O)sc2c1)c1ccc2ccccc2c1. The van der Waals surface area contributed by atoms with Crippen LogP contribution in [0.3, 0.4) is 0 Å². The number of nitrogens with zero attached hydrogens (tertiary/aromatic N) is 3. The van der Waals surface area contributed by atoms with Crippen molar-refractivity contribution in [3.63, 3.8) is 0 Å². The largest absolute Gasteiger partial charge is 0.311 e. The third-order valence-electron chi connectivity index (χ3n) is 6.03. The predicted octanol–water partition coefficient (Wildman–Crippen LogP) is 5.53. The van der Waals surface area contributed by atoms with E-state index in [9.17, 15) is 14.4 Å². The molecule has 0 N–H and O–H groups in total. The molecular weight excluding hydrogens is 446 g/mol. The van der Waals surface area contributed by atoms with Gasteiger partial charge in [0.25, 0.3) is 17.7 Å². The highest BCUT2D eigenvalue weighted by molar-refractivity contribution is 7.22. The monoisotopic (exact) mass is 463 g/mol. The molecule has 0 saturated carbocycles. The maximum atomic E-state index is 13.2. The zero-order valence-electron chi connectivity index (χ0n) is 18.1. The summed E-state index contributed by atoms with van der Waals surface area (Å²) in [6.07, 6.45) is 0. The number of hydrogen-bond donors (Lipinski definition) is 0. The van der Waals surface area contributed by atoms with Crippen LogP contribution in [0.5, 0.6) is 0 Å².